The van der Waals surface area contributed by atoms with Gasteiger partial charge in [-0.25, -0.2) is 4.90 Å². The predicted molar refractivity (Wildman–Crippen MR) is 185 cm³/mol. The van der Waals surface area contributed by atoms with E-state index in [2.05, 4.69) is 26.0 Å². The summed E-state index contributed by atoms with van der Waals surface area (Å²) in [6, 6.07) is 32.6. The Morgan fingerprint density at radius 3 is 1.96 bits per heavy atom. The predicted octanol–water partition coefficient (Wildman–Crippen LogP) is 8.55. The molecule has 5 aromatic carbocycles. The number of methoxy groups -OCH3 is 1. The second kappa shape index (κ2) is 12.8. The molecule has 6 rings (SSSR count). The number of anilines is 1. The topological polar surface area (TPSA) is 90.0 Å². The van der Waals surface area contributed by atoms with Crippen molar-refractivity contribution in [2.45, 2.75) is 39.5 Å². The van der Waals surface area contributed by atoms with Gasteiger partial charge in [-0.1, -0.05) is 67.9 Å². The second-order valence-electron chi connectivity index (χ2n) is 12.5. The molecule has 0 unspecified atom stereocenters. The molecule has 2 amide bonds. The molecule has 1 heterocycles. The molecule has 0 saturated carbocycles. The van der Waals surface area contributed by atoms with Crippen LogP contribution in [0.25, 0.3) is 0 Å². The van der Waals surface area contributed by atoms with E-state index >= 15 is 0 Å². The number of carbonyl (C=O) groups excluding carboxylic acids is 4. The Labute approximate surface area is 279 Å². The van der Waals surface area contributed by atoms with Gasteiger partial charge in [-0.15, -0.1) is 0 Å². The summed E-state index contributed by atoms with van der Waals surface area (Å²) in [6.07, 6.45) is 0.00873. The van der Waals surface area contributed by atoms with Crippen molar-refractivity contribution in [2.24, 2.45) is 0 Å². The smallest absolute Gasteiger partial charge is 0.266 e. The van der Waals surface area contributed by atoms with Crippen LogP contribution in [0.1, 0.15) is 84.5 Å². The maximum atomic E-state index is 13.6. The molecule has 1 aliphatic rings. The van der Waals surface area contributed by atoms with Crippen LogP contribution in [-0.4, -0.2) is 30.5 Å². The molecule has 0 atom stereocenters. The number of benzene rings is 5. The zero-order chi connectivity index (χ0) is 34.2. The maximum absolute atomic E-state index is 13.6. The Balaban J connectivity index is 1.18. The first-order chi connectivity index (χ1) is 23.0. The largest absolute Gasteiger partial charge is 0.497 e. The second-order valence-corrected chi connectivity index (χ2v) is 12.5. The van der Waals surface area contributed by atoms with E-state index in [1.807, 2.05) is 43.3 Å². The summed E-state index contributed by atoms with van der Waals surface area (Å²) in [7, 11) is 1.65. The Morgan fingerprint density at radius 1 is 0.688 bits per heavy atom. The number of amides is 2. The van der Waals surface area contributed by atoms with Crippen LogP contribution < -0.4 is 14.4 Å². The molecule has 0 saturated heterocycles. The highest BCUT2D eigenvalue weighted by molar-refractivity contribution is 6.34. The fraction of sp³-hybridized carbons (Fsp3) is 0.171. The summed E-state index contributed by atoms with van der Waals surface area (Å²) in [5, 5.41) is 0. The molecule has 0 aromatic heterocycles. The lowest BCUT2D eigenvalue weighted by Gasteiger charge is -2.26. The van der Waals surface area contributed by atoms with E-state index in [0.717, 1.165) is 27.3 Å². The van der Waals surface area contributed by atoms with Crippen molar-refractivity contribution < 1.29 is 28.7 Å². The standard InChI is InChI=1S/C41H35NO6/c1-25-9-19-34(26(2)43)36(21-25)38(44)23-27-7-6-8-30(22-27)42-39(45)35-20-18-33(24-37(35)40(42)46)48-32-16-12-29(13-17-32)41(3,4)28-10-14-31(47-5)15-11-28/h6-22,24H,23H2,1-5H3. The van der Waals surface area contributed by atoms with Gasteiger partial charge in [0.1, 0.15) is 17.2 Å². The molecule has 0 fully saturated rings. The highest BCUT2D eigenvalue weighted by Crippen LogP contribution is 2.36. The minimum Gasteiger partial charge on any atom is -0.497 e. The number of rotatable bonds is 10. The molecule has 0 radical (unpaired) electrons. The number of hydrogen-bond donors (Lipinski definition) is 0. The first-order valence-electron chi connectivity index (χ1n) is 15.7. The molecular formula is C41H35NO6. The molecule has 5 aromatic rings. The van der Waals surface area contributed by atoms with Crippen molar-refractivity contribution in [3.8, 4) is 17.2 Å². The van der Waals surface area contributed by atoms with Crippen LogP contribution in [0.4, 0.5) is 5.69 Å². The van der Waals surface area contributed by atoms with Gasteiger partial charge in [0.05, 0.1) is 23.9 Å². The van der Waals surface area contributed by atoms with Crippen molar-refractivity contribution in [3.05, 3.63) is 154 Å². The first kappa shape index (κ1) is 32.1. The summed E-state index contributed by atoms with van der Waals surface area (Å²) in [5.41, 5.74) is 5.09. The van der Waals surface area contributed by atoms with Crippen molar-refractivity contribution in [2.75, 3.05) is 12.0 Å². The Morgan fingerprint density at radius 2 is 1.31 bits per heavy atom. The maximum Gasteiger partial charge on any atom is 0.266 e. The lowest BCUT2D eigenvalue weighted by atomic mass is 9.78. The molecule has 48 heavy (non-hydrogen) atoms. The number of carbonyl (C=O) groups is 4. The van der Waals surface area contributed by atoms with Gasteiger partial charge >= 0.3 is 0 Å². The molecule has 0 N–H and O–H groups in total. The quantitative estimate of drug-likeness (QED) is 0.113. The van der Waals surface area contributed by atoms with Crippen molar-refractivity contribution in [1.29, 1.82) is 0 Å². The van der Waals surface area contributed by atoms with Crippen LogP contribution in [0, 0.1) is 6.92 Å². The molecule has 240 valence electrons. The molecule has 1 aliphatic heterocycles. The third-order valence-electron chi connectivity index (χ3n) is 8.87. The summed E-state index contributed by atoms with van der Waals surface area (Å²) >= 11 is 0. The van der Waals surface area contributed by atoms with E-state index < -0.39 is 11.8 Å². The number of fused-ring (bicyclic) bond motifs is 1. The van der Waals surface area contributed by atoms with Crippen molar-refractivity contribution >= 4 is 29.1 Å². The highest BCUT2D eigenvalue weighted by atomic mass is 16.5. The zero-order valence-corrected chi connectivity index (χ0v) is 27.5. The van der Waals surface area contributed by atoms with E-state index in [-0.39, 0.29) is 34.5 Å². The number of hydrogen-bond acceptors (Lipinski definition) is 6. The minimum absolute atomic E-state index is 0.00873. The lowest BCUT2D eigenvalue weighted by Crippen LogP contribution is -2.29. The molecule has 7 heteroatoms. The van der Waals surface area contributed by atoms with Crippen molar-refractivity contribution in [3.63, 3.8) is 0 Å². The van der Waals surface area contributed by atoms with Gasteiger partial charge in [0.15, 0.2) is 11.6 Å². The van der Waals surface area contributed by atoms with E-state index in [1.54, 1.807) is 67.8 Å². The van der Waals surface area contributed by atoms with Crippen molar-refractivity contribution in [1.82, 2.24) is 0 Å². The summed E-state index contributed by atoms with van der Waals surface area (Å²) < 4.78 is 11.4. The number of nitrogens with zero attached hydrogens (tertiary/aromatic N) is 1. The van der Waals surface area contributed by atoms with Gasteiger partial charge in [-0.3, -0.25) is 19.2 Å². The normalized spacial score (nSPS) is 12.6. The van der Waals surface area contributed by atoms with Gasteiger partial charge < -0.3 is 9.47 Å². The molecule has 0 aliphatic carbocycles. The van der Waals surface area contributed by atoms with Crippen LogP contribution in [0.5, 0.6) is 17.2 Å². The van der Waals surface area contributed by atoms with Crippen LogP contribution in [0.15, 0.2) is 109 Å². The molecule has 0 bridgehead atoms. The van der Waals surface area contributed by atoms with Crippen LogP contribution in [-0.2, 0) is 11.8 Å². The first-order valence-corrected chi connectivity index (χ1v) is 15.7. The number of imide groups is 1. The fourth-order valence-electron chi connectivity index (χ4n) is 6.05. The average Bonchev–Trinajstić information content (AvgIpc) is 3.33. The van der Waals surface area contributed by atoms with E-state index in [9.17, 15) is 19.2 Å². The molecule has 7 nitrogen and oxygen atoms in total. The summed E-state index contributed by atoms with van der Waals surface area (Å²) in [5.74, 6) is 0.495. The number of ether oxygens (including phenoxy) is 2. The fourth-order valence-corrected chi connectivity index (χ4v) is 6.05. The number of ketones is 2. The van der Waals surface area contributed by atoms with Gasteiger partial charge in [0, 0.05) is 23.0 Å². The zero-order valence-electron chi connectivity index (χ0n) is 27.5. The summed E-state index contributed by atoms with van der Waals surface area (Å²) in [4.78, 5) is 53.5. The van der Waals surface area contributed by atoms with E-state index in [0.29, 0.717) is 33.9 Å². The minimum atomic E-state index is -0.474. The van der Waals surface area contributed by atoms with Crippen LogP contribution in [0.3, 0.4) is 0 Å². The van der Waals surface area contributed by atoms with E-state index in [4.69, 9.17) is 9.47 Å². The number of aryl methyl sites for hydroxylation is 1. The van der Waals surface area contributed by atoms with E-state index in [1.165, 1.54) is 6.92 Å². The highest BCUT2D eigenvalue weighted by Gasteiger charge is 2.37. The van der Waals surface area contributed by atoms with Gasteiger partial charge in [0.25, 0.3) is 11.8 Å². The lowest BCUT2D eigenvalue weighted by molar-refractivity contribution is 0.0924. The Kier molecular flexibility index (Phi) is 8.54. The van der Waals surface area contributed by atoms with Gasteiger partial charge in [0.2, 0.25) is 0 Å². The Bertz CT molecular complexity index is 2080. The molecule has 0 spiro atoms. The third kappa shape index (κ3) is 6.15. The third-order valence-corrected chi connectivity index (χ3v) is 8.87. The summed E-state index contributed by atoms with van der Waals surface area (Å²) in [6.45, 7) is 7.60. The average molecular weight is 638 g/mol. The van der Waals surface area contributed by atoms with Gasteiger partial charge in [-0.05, 0) is 91.2 Å². The number of Topliss-reactive ketones (excluding diaryl/α,β-unsaturated/α-hetero) is 2. The van der Waals surface area contributed by atoms with Crippen LogP contribution in [0.2, 0.25) is 0 Å². The SMILES string of the molecule is COc1ccc(C(C)(C)c2ccc(Oc3ccc4c(c3)C(=O)N(c3cccc(CC(=O)c5cc(C)ccc5C(C)=O)c3)C4=O)cc2)cc1. The molecular weight excluding hydrogens is 602 g/mol. The Hall–Kier alpha value is -5.82. The van der Waals surface area contributed by atoms with Gasteiger partial charge in [-0.2, -0.15) is 0 Å². The monoisotopic (exact) mass is 637 g/mol. The van der Waals surface area contributed by atoms with Crippen LogP contribution >= 0.6 is 0 Å².